The van der Waals surface area contributed by atoms with E-state index in [2.05, 4.69) is 6.58 Å². The summed E-state index contributed by atoms with van der Waals surface area (Å²) in [4.78, 5) is 0. The molecule has 0 radical (unpaired) electrons. The van der Waals surface area contributed by atoms with Crippen LogP contribution < -0.4 is 0 Å². The Bertz CT molecular complexity index is 488. The molecule has 0 saturated heterocycles. The first-order valence-electron chi connectivity index (χ1n) is 6.78. The third-order valence-corrected chi connectivity index (χ3v) is 6.07. The lowest BCUT2D eigenvalue weighted by molar-refractivity contribution is 0.251. The molecule has 0 saturated carbocycles. The summed E-state index contributed by atoms with van der Waals surface area (Å²) >= 11 is 0. The van der Waals surface area contributed by atoms with Crippen LogP contribution in [0.3, 0.4) is 0 Å². The molecule has 0 aliphatic carbocycles. The van der Waals surface area contributed by atoms with Crippen LogP contribution in [-0.2, 0) is 10.0 Å². The SMILES string of the molecule is C=C(CCO)C1=CCN(S(=O)(=O)C(C)(C)C)[C@@H]1CCO. The van der Waals surface area contributed by atoms with Gasteiger partial charge in [0.05, 0.1) is 10.8 Å². The highest BCUT2D eigenvalue weighted by Crippen LogP contribution is 2.33. The molecule has 116 valence electrons. The molecule has 1 aliphatic rings. The zero-order valence-electron chi connectivity index (χ0n) is 12.5. The highest BCUT2D eigenvalue weighted by atomic mass is 32.2. The first-order valence-corrected chi connectivity index (χ1v) is 8.22. The van der Waals surface area contributed by atoms with Crippen molar-refractivity contribution in [3.8, 4) is 0 Å². The lowest BCUT2D eigenvalue weighted by Gasteiger charge is -2.32. The topological polar surface area (TPSA) is 77.8 Å². The van der Waals surface area contributed by atoms with Gasteiger partial charge in [-0.2, -0.15) is 4.31 Å². The molecule has 1 atom stereocenters. The van der Waals surface area contributed by atoms with Crippen molar-refractivity contribution < 1.29 is 18.6 Å². The molecule has 0 aromatic heterocycles. The highest BCUT2D eigenvalue weighted by molar-refractivity contribution is 7.90. The van der Waals surface area contributed by atoms with Crippen LogP contribution in [0.4, 0.5) is 0 Å². The average molecular weight is 303 g/mol. The Morgan fingerprint density at radius 2 is 2.00 bits per heavy atom. The molecule has 0 spiro atoms. The van der Waals surface area contributed by atoms with Crippen LogP contribution in [0.1, 0.15) is 33.6 Å². The second-order valence-corrected chi connectivity index (χ2v) is 8.60. The number of aliphatic hydroxyl groups is 2. The molecule has 2 N–H and O–H groups in total. The normalized spacial score (nSPS) is 21.1. The first kappa shape index (κ1) is 17.4. The van der Waals surface area contributed by atoms with E-state index in [0.717, 1.165) is 11.1 Å². The predicted octanol–water partition coefficient (Wildman–Crippen LogP) is 1.05. The number of nitrogens with zero attached hydrogens (tertiary/aromatic N) is 1. The Balaban J connectivity index is 3.07. The minimum absolute atomic E-state index is 0.0198. The molecule has 0 aromatic rings. The molecular weight excluding hydrogens is 278 g/mol. The maximum absolute atomic E-state index is 12.6. The van der Waals surface area contributed by atoms with E-state index in [1.165, 1.54) is 4.31 Å². The standard InChI is InChI=1S/C14H25NO4S/c1-11(6-9-16)12-5-8-15(13(12)7-10-17)20(18,19)14(2,3)4/h5,13,16-17H,1,6-10H2,2-4H3/t13-/m1/s1. The Labute approximate surface area is 121 Å². The molecule has 20 heavy (non-hydrogen) atoms. The quantitative estimate of drug-likeness (QED) is 0.769. The van der Waals surface area contributed by atoms with Crippen molar-refractivity contribution in [2.24, 2.45) is 0 Å². The van der Waals surface area contributed by atoms with Gasteiger partial charge in [0.25, 0.3) is 0 Å². The van der Waals surface area contributed by atoms with E-state index in [0.29, 0.717) is 19.4 Å². The summed E-state index contributed by atoms with van der Waals surface area (Å²) in [5, 5.41) is 18.2. The van der Waals surface area contributed by atoms with Crippen molar-refractivity contribution in [3.05, 3.63) is 23.8 Å². The van der Waals surface area contributed by atoms with Gasteiger partial charge >= 0.3 is 0 Å². The number of hydrogen-bond donors (Lipinski definition) is 2. The lowest BCUT2D eigenvalue weighted by atomic mass is 9.97. The first-order chi connectivity index (χ1) is 9.16. The summed E-state index contributed by atoms with van der Waals surface area (Å²) in [6.45, 7) is 9.09. The molecule has 0 unspecified atom stereocenters. The van der Waals surface area contributed by atoms with Crippen molar-refractivity contribution in [2.45, 2.75) is 44.4 Å². The van der Waals surface area contributed by atoms with Gasteiger partial charge in [0.1, 0.15) is 0 Å². The van der Waals surface area contributed by atoms with Crippen LogP contribution in [-0.4, -0.2) is 53.5 Å². The van der Waals surface area contributed by atoms with Gasteiger partial charge in [0.2, 0.25) is 10.0 Å². The third-order valence-electron chi connectivity index (χ3n) is 3.50. The van der Waals surface area contributed by atoms with E-state index in [1.807, 2.05) is 6.08 Å². The van der Waals surface area contributed by atoms with Crippen LogP contribution in [0.15, 0.2) is 23.8 Å². The van der Waals surface area contributed by atoms with Crippen molar-refractivity contribution in [2.75, 3.05) is 19.8 Å². The van der Waals surface area contributed by atoms with E-state index in [9.17, 15) is 13.5 Å². The summed E-state index contributed by atoms with van der Waals surface area (Å²) in [7, 11) is -3.46. The Morgan fingerprint density at radius 3 is 2.45 bits per heavy atom. The summed E-state index contributed by atoms with van der Waals surface area (Å²) in [6.07, 6.45) is 2.59. The van der Waals surface area contributed by atoms with Gasteiger partial charge in [-0.25, -0.2) is 8.42 Å². The molecule has 0 amide bonds. The summed E-state index contributed by atoms with van der Waals surface area (Å²) in [5.74, 6) is 0. The summed E-state index contributed by atoms with van der Waals surface area (Å²) in [6, 6.07) is -0.386. The fourth-order valence-corrected chi connectivity index (χ4v) is 3.83. The maximum Gasteiger partial charge on any atom is 0.219 e. The molecule has 0 aromatic carbocycles. The van der Waals surface area contributed by atoms with E-state index < -0.39 is 14.8 Å². The predicted molar refractivity (Wildman–Crippen MR) is 79.8 cm³/mol. The van der Waals surface area contributed by atoms with Gasteiger partial charge in [0, 0.05) is 19.8 Å². The van der Waals surface area contributed by atoms with Gasteiger partial charge < -0.3 is 10.2 Å². The molecular formula is C14H25NO4S. The van der Waals surface area contributed by atoms with Crippen LogP contribution in [0.2, 0.25) is 0 Å². The molecule has 0 fully saturated rings. The third kappa shape index (κ3) is 3.31. The van der Waals surface area contributed by atoms with Crippen LogP contribution >= 0.6 is 0 Å². The van der Waals surface area contributed by atoms with E-state index in [4.69, 9.17) is 5.11 Å². The van der Waals surface area contributed by atoms with Crippen molar-refractivity contribution in [1.29, 1.82) is 0 Å². The molecule has 1 aliphatic heterocycles. The lowest BCUT2D eigenvalue weighted by Crippen LogP contribution is -2.46. The van der Waals surface area contributed by atoms with E-state index >= 15 is 0 Å². The van der Waals surface area contributed by atoms with E-state index in [1.54, 1.807) is 20.8 Å². The number of aliphatic hydroxyl groups excluding tert-OH is 2. The second kappa shape index (κ2) is 6.39. The van der Waals surface area contributed by atoms with Crippen LogP contribution in [0, 0.1) is 0 Å². The molecule has 5 nitrogen and oxygen atoms in total. The molecule has 1 heterocycles. The van der Waals surface area contributed by atoms with Crippen LogP contribution in [0.5, 0.6) is 0 Å². The summed E-state index contributed by atoms with van der Waals surface area (Å²) < 4.78 is 25.7. The fraction of sp³-hybridized carbons (Fsp3) is 0.714. The van der Waals surface area contributed by atoms with Gasteiger partial charge in [-0.15, -0.1) is 0 Å². The minimum atomic E-state index is -3.46. The zero-order chi connectivity index (χ0) is 15.6. The van der Waals surface area contributed by atoms with Crippen molar-refractivity contribution in [3.63, 3.8) is 0 Å². The fourth-order valence-electron chi connectivity index (χ4n) is 2.31. The highest BCUT2D eigenvalue weighted by Gasteiger charge is 2.42. The minimum Gasteiger partial charge on any atom is -0.396 e. The zero-order valence-corrected chi connectivity index (χ0v) is 13.3. The van der Waals surface area contributed by atoms with Gasteiger partial charge in [-0.05, 0) is 44.8 Å². The average Bonchev–Trinajstić information content (AvgIpc) is 2.72. The summed E-state index contributed by atoms with van der Waals surface area (Å²) in [5.41, 5.74) is 1.55. The monoisotopic (exact) mass is 303 g/mol. The number of hydrogen-bond acceptors (Lipinski definition) is 4. The van der Waals surface area contributed by atoms with Crippen molar-refractivity contribution in [1.82, 2.24) is 4.31 Å². The Hall–Kier alpha value is -0.690. The van der Waals surface area contributed by atoms with E-state index in [-0.39, 0.29) is 19.3 Å². The molecule has 1 rings (SSSR count). The Morgan fingerprint density at radius 1 is 1.40 bits per heavy atom. The molecule has 0 bridgehead atoms. The van der Waals surface area contributed by atoms with Gasteiger partial charge in [-0.1, -0.05) is 12.7 Å². The second-order valence-electron chi connectivity index (χ2n) is 5.95. The number of rotatable bonds is 6. The van der Waals surface area contributed by atoms with Gasteiger partial charge in [-0.3, -0.25) is 0 Å². The maximum atomic E-state index is 12.6. The Kier molecular flexibility index (Phi) is 5.54. The number of sulfonamides is 1. The smallest absolute Gasteiger partial charge is 0.219 e. The largest absolute Gasteiger partial charge is 0.396 e. The van der Waals surface area contributed by atoms with Crippen LogP contribution in [0.25, 0.3) is 0 Å². The molecule has 6 heteroatoms. The van der Waals surface area contributed by atoms with Crippen molar-refractivity contribution >= 4 is 10.0 Å². The van der Waals surface area contributed by atoms with Gasteiger partial charge in [0.15, 0.2) is 0 Å².